The summed E-state index contributed by atoms with van der Waals surface area (Å²) < 4.78 is 0.0821. The number of nitrogens with zero attached hydrogens (tertiary/aromatic N) is 1. The summed E-state index contributed by atoms with van der Waals surface area (Å²) in [5.41, 5.74) is 5.36. The molecule has 0 bridgehead atoms. The second kappa shape index (κ2) is 5.52. The van der Waals surface area contributed by atoms with Gasteiger partial charge in [-0.1, -0.05) is 23.8 Å². The van der Waals surface area contributed by atoms with Crippen LogP contribution in [-0.4, -0.2) is 17.5 Å². The zero-order chi connectivity index (χ0) is 13.0. The number of carbonyl (C=O) groups excluding carboxylic acids is 1. The summed E-state index contributed by atoms with van der Waals surface area (Å²) in [6.45, 7) is 6.39. The van der Waals surface area contributed by atoms with Crippen molar-refractivity contribution >= 4 is 22.7 Å². The van der Waals surface area contributed by atoms with Crippen LogP contribution in [0.3, 0.4) is 0 Å². The number of hydrogen-bond donors (Lipinski definition) is 1. The van der Waals surface area contributed by atoms with Crippen LogP contribution in [0.25, 0.3) is 0 Å². The quantitative estimate of drug-likeness (QED) is 0.668. The molecule has 0 fully saturated rings. The van der Waals surface area contributed by atoms with Crippen molar-refractivity contribution in [2.45, 2.75) is 6.92 Å². The lowest BCUT2D eigenvalue weighted by Crippen LogP contribution is -2.55. The molecule has 0 aromatic heterocycles. The minimum Gasteiger partial charge on any atom is -0.216 e. The largest absolute Gasteiger partial charge is 0.404 e. The SMILES string of the molecule is C=CCSC(=O)[N+]1(c2ccc(C)cc2)C=CCN1. The van der Waals surface area contributed by atoms with Gasteiger partial charge in [0.1, 0.15) is 6.20 Å². The summed E-state index contributed by atoms with van der Waals surface area (Å²) >= 11 is 1.27. The van der Waals surface area contributed by atoms with Crippen molar-refractivity contribution in [2.24, 2.45) is 0 Å². The van der Waals surface area contributed by atoms with E-state index in [2.05, 4.69) is 12.0 Å². The first-order valence-corrected chi connectivity index (χ1v) is 6.84. The second-order valence-electron chi connectivity index (χ2n) is 4.17. The monoisotopic (exact) mass is 261 g/mol. The van der Waals surface area contributed by atoms with E-state index in [9.17, 15) is 4.79 Å². The van der Waals surface area contributed by atoms with Crippen molar-refractivity contribution in [1.29, 1.82) is 0 Å². The van der Waals surface area contributed by atoms with Gasteiger partial charge in [-0.3, -0.25) is 0 Å². The number of nitrogens with one attached hydrogen (secondary N) is 1. The predicted molar refractivity (Wildman–Crippen MR) is 78.2 cm³/mol. The Balaban J connectivity index is 2.32. The number of thioether (sulfide) groups is 1. The van der Waals surface area contributed by atoms with Crippen molar-refractivity contribution in [3.05, 3.63) is 54.8 Å². The van der Waals surface area contributed by atoms with Crippen molar-refractivity contribution in [3.63, 3.8) is 0 Å². The normalized spacial score (nSPS) is 22.1. The van der Waals surface area contributed by atoms with Crippen LogP contribution in [-0.2, 0) is 0 Å². The third-order valence-corrected chi connectivity index (χ3v) is 3.78. The Labute approximate surface area is 112 Å². The highest BCUT2D eigenvalue weighted by Gasteiger charge is 2.40. The van der Waals surface area contributed by atoms with Crippen molar-refractivity contribution in [1.82, 2.24) is 10.0 Å². The van der Waals surface area contributed by atoms with Gasteiger partial charge in [-0.2, -0.15) is 0 Å². The molecule has 1 aliphatic heterocycles. The van der Waals surface area contributed by atoms with Crippen LogP contribution in [0.5, 0.6) is 0 Å². The average Bonchev–Trinajstić information content (AvgIpc) is 2.87. The molecule has 0 spiro atoms. The number of aryl methyl sites for hydroxylation is 1. The third-order valence-electron chi connectivity index (χ3n) is 2.84. The van der Waals surface area contributed by atoms with Crippen LogP contribution in [0.15, 0.2) is 49.2 Å². The van der Waals surface area contributed by atoms with Gasteiger partial charge in [-0.15, -0.1) is 16.6 Å². The molecule has 1 N–H and O–H groups in total. The Morgan fingerprint density at radius 1 is 1.50 bits per heavy atom. The molecular formula is C14H17N2OS+. The van der Waals surface area contributed by atoms with Crippen LogP contribution in [0.1, 0.15) is 5.56 Å². The predicted octanol–water partition coefficient (Wildman–Crippen LogP) is 3.37. The molecule has 1 amide bonds. The van der Waals surface area contributed by atoms with E-state index in [0.717, 1.165) is 5.69 Å². The standard InChI is InChI=1S/C14H17N2OS/c1-3-11-18-14(17)16(10-4-9-15-16)13-7-5-12(2)6-8-13/h3-8,10,15H,1,9,11H2,2H3/q+1. The summed E-state index contributed by atoms with van der Waals surface area (Å²) in [5.74, 6) is 0.625. The van der Waals surface area contributed by atoms with Gasteiger partial charge in [-0.05, 0) is 24.8 Å². The Kier molecular flexibility index (Phi) is 4.01. The topological polar surface area (TPSA) is 29.1 Å². The van der Waals surface area contributed by atoms with Crippen molar-refractivity contribution in [3.8, 4) is 0 Å². The molecule has 1 unspecified atom stereocenters. The molecule has 94 valence electrons. The van der Waals surface area contributed by atoms with E-state index in [1.165, 1.54) is 17.3 Å². The number of amides is 1. The second-order valence-corrected chi connectivity index (χ2v) is 5.14. The smallest absolute Gasteiger partial charge is 0.216 e. The Morgan fingerprint density at radius 3 is 2.78 bits per heavy atom. The maximum atomic E-state index is 12.4. The van der Waals surface area contributed by atoms with Gasteiger partial charge in [0.05, 0.1) is 6.54 Å². The Hall–Kier alpha value is -1.36. The molecule has 3 nitrogen and oxygen atoms in total. The van der Waals surface area contributed by atoms with E-state index in [1.807, 2.05) is 43.5 Å². The zero-order valence-corrected chi connectivity index (χ0v) is 11.2. The molecule has 2 rings (SSSR count). The molecular weight excluding hydrogens is 244 g/mol. The maximum absolute atomic E-state index is 12.4. The van der Waals surface area contributed by atoms with E-state index in [4.69, 9.17) is 0 Å². The lowest BCUT2D eigenvalue weighted by atomic mass is 10.2. The van der Waals surface area contributed by atoms with Crippen LogP contribution < -0.4 is 10.0 Å². The Bertz CT molecular complexity index is 481. The first-order chi connectivity index (χ1) is 8.69. The highest BCUT2D eigenvalue weighted by atomic mass is 32.2. The zero-order valence-electron chi connectivity index (χ0n) is 10.4. The molecule has 0 saturated carbocycles. The van der Waals surface area contributed by atoms with E-state index in [0.29, 0.717) is 12.3 Å². The van der Waals surface area contributed by atoms with Gasteiger partial charge in [0, 0.05) is 17.9 Å². The van der Waals surface area contributed by atoms with Gasteiger partial charge in [0.2, 0.25) is 0 Å². The molecule has 0 radical (unpaired) electrons. The average molecular weight is 261 g/mol. The molecule has 4 heteroatoms. The molecule has 1 aromatic rings. The van der Waals surface area contributed by atoms with Gasteiger partial charge in [0.25, 0.3) is 0 Å². The summed E-state index contributed by atoms with van der Waals surface area (Å²) in [6.07, 6.45) is 5.63. The minimum atomic E-state index is 0.0625. The van der Waals surface area contributed by atoms with E-state index in [1.54, 1.807) is 6.08 Å². The minimum absolute atomic E-state index is 0.0625. The fraction of sp³-hybridized carbons (Fsp3) is 0.214. The maximum Gasteiger partial charge on any atom is 0.404 e. The van der Waals surface area contributed by atoms with Gasteiger partial charge >= 0.3 is 5.24 Å². The lowest BCUT2D eigenvalue weighted by molar-refractivity contribution is 0.229. The van der Waals surface area contributed by atoms with Gasteiger partial charge < -0.3 is 0 Å². The molecule has 0 saturated heterocycles. The van der Waals surface area contributed by atoms with Crippen molar-refractivity contribution < 1.29 is 4.79 Å². The number of carbonyl (C=O) groups is 1. The van der Waals surface area contributed by atoms with Crippen LogP contribution >= 0.6 is 11.8 Å². The van der Waals surface area contributed by atoms with E-state index >= 15 is 0 Å². The summed E-state index contributed by atoms with van der Waals surface area (Å²) in [6, 6.07) is 8.03. The fourth-order valence-electron chi connectivity index (χ4n) is 1.88. The van der Waals surface area contributed by atoms with Crippen LogP contribution in [0, 0.1) is 6.92 Å². The van der Waals surface area contributed by atoms with Crippen molar-refractivity contribution in [2.75, 3.05) is 12.3 Å². The highest BCUT2D eigenvalue weighted by molar-refractivity contribution is 8.13. The first kappa shape index (κ1) is 13.1. The molecule has 1 aromatic carbocycles. The molecule has 1 heterocycles. The highest BCUT2D eigenvalue weighted by Crippen LogP contribution is 2.29. The van der Waals surface area contributed by atoms with Crippen LogP contribution in [0.4, 0.5) is 10.5 Å². The molecule has 1 atom stereocenters. The first-order valence-electron chi connectivity index (χ1n) is 5.86. The Morgan fingerprint density at radius 2 is 2.22 bits per heavy atom. The van der Waals surface area contributed by atoms with E-state index < -0.39 is 0 Å². The van der Waals surface area contributed by atoms with E-state index in [-0.39, 0.29) is 9.83 Å². The number of rotatable bonds is 3. The van der Waals surface area contributed by atoms with Gasteiger partial charge in [-0.25, -0.2) is 4.79 Å². The number of benzene rings is 1. The summed E-state index contributed by atoms with van der Waals surface area (Å²) in [5, 5.41) is 0.0625. The molecule has 18 heavy (non-hydrogen) atoms. The fourth-order valence-corrected chi connectivity index (χ4v) is 2.58. The number of quaternary nitrogens is 1. The molecule has 1 aliphatic rings. The third kappa shape index (κ3) is 2.41. The summed E-state index contributed by atoms with van der Waals surface area (Å²) in [7, 11) is 0. The number of hydrogen-bond acceptors (Lipinski definition) is 3. The van der Waals surface area contributed by atoms with Gasteiger partial charge in [0.15, 0.2) is 5.69 Å². The summed E-state index contributed by atoms with van der Waals surface area (Å²) in [4.78, 5) is 12.4. The van der Waals surface area contributed by atoms with Crippen LogP contribution in [0.2, 0.25) is 0 Å². The molecule has 0 aliphatic carbocycles. The lowest BCUT2D eigenvalue weighted by Gasteiger charge is -2.26.